The maximum Gasteiger partial charge on any atom is 0.0506 e. The average molecular weight is 262 g/mol. The van der Waals surface area contributed by atoms with Crippen molar-refractivity contribution in [3.8, 4) is 0 Å². The van der Waals surface area contributed by atoms with Crippen molar-refractivity contribution in [1.29, 1.82) is 0 Å². The molecule has 0 aliphatic heterocycles. The van der Waals surface area contributed by atoms with Gasteiger partial charge >= 0.3 is 0 Å². The first-order valence-corrected chi connectivity index (χ1v) is 7.34. The quantitative estimate of drug-likeness (QED) is 0.841. The second kappa shape index (κ2) is 6.53. The van der Waals surface area contributed by atoms with Crippen LogP contribution in [0.1, 0.15) is 49.9 Å². The van der Waals surface area contributed by atoms with Crippen LogP contribution < -0.4 is 5.32 Å². The average Bonchev–Trinajstić information content (AvgIpc) is 2.35. The third-order valence-electron chi connectivity index (χ3n) is 4.50. The smallest absolute Gasteiger partial charge is 0.0506 e. The van der Waals surface area contributed by atoms with Crippen molar-refractivity contribution in [2.24, 2.45) is 0 Å². The molecular weight excluding hydrogens is 232 g/mol. The molecule has 0 saturated heterocycles. The molecule has 2 atom stereocenters. The molecule has 1 aromatic carbocycles. The molecule has 1 rings (SSSR count). The van der Waals surface area contributed by atoms with Crippen LogP contribution in [0.3, 0.4) is 0 Å². The number of hydrogen-bond donors (Lipinski definition) is 1. The van der Waals surface area contributed by atoms with Gasteiger partial charge in [0.05, 0.1) is 6.04 Å². The van der Waals surface area contributed by atoms with Gasteiger partial charge in [0.2, 0.25) is 0 Å². The third kappa shape index (κ3) is 3.37. The minimum Gasteiger partial charge on any atom is -0.309 e. The van der Waals surface area contributed by atoms with Gasteiger partial charge in [0.25, 0.3) is 0 Å². The highest BCUT2D eigenvalue weighted by molar-refractivity contribution is 5.34. The SMILES string of the molecule is CCNC(c1ccc(C)cc1C)C(C)(CC)N(C)C. The van der Waals surface area contributed by atoms with Crippen molar-refractivity contribution in [2.45, 2.75) is 52.6 Å². The van der Waals surface area contributed by atoms with Crippen LogP contribution in [-0.2, 0) is 0 Å². The topological polar surface area (TPSA) is 15.3 Å². The second-order valence-corrected chi connectivity index (χ2v) is 5.96. The predicted molar refractivity (Wildman–Crippen MR) is 84.7 cm³/mol. The van der Waals surface area contributed by atoms with Crippen LogP contribution in [0.5, 0.6) is 0 Å². The van der Waals surface area contributed by atoms with Crippen LogP contribution in [-0.4, -0.2) is 31.1 Å². The zero-order valence-electron chi connectivity index (χ0n) is 13.7. The molecule has 0 bridgehead atoms. The molecule has 108 valence electrons. The normalized spacial score (nSPS) is 16.4. The van der Waals surface area contributed by atoms with Crippen molar-refractivity contribution in [1.82, 2.24) is 10.2 Å². The van der Waals surface area contributed by atoms with E-state index in [2.05, 4.69) is 77.1 Å². The van der Waals surface area contributed by atoms with Gasteiger partial charge in [-0.3, -0.25) is 0 Å². The molecule has 0 aromatic heterocycles. The van der Waals surface area contributed by atoms with Crippen LogP contribution in [0.2, 0.25) is 0 Å². The summed E-state index contributed by atoms with van der Waals surface area (Å²) in [6.07, 6.45) is 1.12. The van der Waals surface area contributed by atoms with E-state index in [0.29, 0.717) is 6.04 Å². The first-order chi connectivity index (χ1) is 8.86. The lowest BCUT2D eigenvalue weighted by Crippen LogP contribution is -2.51. The first-order valence-electron chi connectivity index (χ1n) is 7.34. The largest absolute Gasteiger partial charge is 0.309 e. The molecule has 19 heavy (non-hydrogen) atoms. The fraction of sp³-hybridized carbons (Fsp3) is 0.647. The Labute approximate surface area is 119 Å². The Morgan fingerprint density at radius 3 is 2.26 bits per heavy atom. The van der Waals surface area contributed by atoms with Gasteiger partial charge < -0.3 is 10.2 Å². The van der Waals surface area contributed by atoms with Crippen molar-refractivity contribution < 1.29 is 0 Å². The van der Waals surface area contributed by atoms with Gasteiger partial charge in [0.15, 0.2) is 0 Å². The molecule has 2 heteroatoms. The molecule has 0 saturated carbocycles. The summed E-state index contributed by atoms with van der Waals surface area (Å²) >= 11 is 0. The Morgan fingerprint density at radius 1 is 1.21 bits per heavy atom. The Morgan fingerprint density at radius 2 is 1.84 bits per heavy atom. The Balaban J connectivity index is 3.26. The van der Waals surface area contributed by atoms with Gasteiger partial charge in [-0.15, -0.1) is 0 Å². The number of rotatable bonds is 6. The molecule has 1 aromatic rings. The van der Waals surface area contributed by atoms with E-state index in [0.717, 1.165) is 13.0 Å². The Hall–Kier alpha value is -0.860. The number of benzene rings is 1. The second-order valence-electron chi connectivity index (χ2n) is 5.96. The van der Waals surface area contributed by atoms with Gasteiger partial charge in [-0.2, -0.15) is 0 Å². The maximum absolute atomic E-state index is 3.69. The van der Waals surface area contributed by atoms with E-state index >= 15 is 0 Å². The third-order valence-corrected chi connectivity index (χ3v) is 4.50. The van der Waals surface area contributed by atoms with E-state index in [9.17, 15) is 0 Å². The molecule has 2 unspecified atom stereocenters. The lowest BCUT2D eigenvalue weighted by atomic mass is 9.81. The number of aryl methyl sites for hydroxylation is 2. The molecule has 0 amide bonds. The monoisotopic (exact) mass is 262 g/mol. The van der Waals surface area contributed by atoms with Crippen molar-refractivity contribution in [3.63, 3.8) is 0 Å². The summed E-state index contributed by atoms with van der Waals surface area (Å²) < 4.78 is 0. The lowest BCUT2D eigenvalue weighted by Gasteiger charge is -2.44. The van der Waals surface area contributed by atoms with E-state index in [1.807, 2.05) is 0 Å². The minimum absolute atomic E-state index is 0.121. The molecule has 0 aliphatic carbocycles. The fourth-order valence-corrected chi connectivity index (χ4v) is 2.80. The van der Waals surface area contributed by atoms with Crippen LogP contribution in [0.25, 0.3) is 0 Å². The Bertz CT molecular complexity index is 412. The standard InChI is InChI=1S/C17H30N2/c1-8-17(5,19(6)7)16(18-9-2)15-11-10-13(3)12-14(15)4/h10-12,16,18H,8-9H2,1-7H3. The van der Waals surface area contributed by atoms with E-state index in [1.54, 1.807) is 0 Å². The zero-order chi connectivity index (χ0) is 14.6. The Kier molecular flexibility index (Phi) is 5.57. The molecule has 1 N–H and O–H groups in total. The summed E-state index contributed by atoms with van der Waals surface area (Å²) in [7, 11) is 4.36. The molecule has 2 nitrogen and oxygen atoms in total. The van der Waals surface area contributed by atoms with E-state index in [4.69, 9.17) is 0 Å². The predicted octanol–water partition coefficient (Wildman–Crippen LogP) is 3.68. The highest BCUT2D eigenvalue weighted by Crippen LogP contribution is 2.34. The van der Waals surface area contributed by atoms with Crippen LogP contribution in [0.4, 0.5) is 0 Å². The molecular formula is C17H30N2. The van der Waals surface area contributed by atoms with Gasteiger partial charge in [-0.1, -0.05) is 37.6 Å². The van der Waals surface area contributed by atoms with Gasteiger partial charge in [-0.25, -0.2) is 0 Å². The van der Waals surface area contributed by atoms with E-state index < -0.39 is 0 Å². The van der Waals surface area contributed by atoms with Crippen molar-refractivity contribution >= 4 is 0 Å². The van der Waals surface area contributed by atoms with Crippen molar-refractivity contribution in [2.75, 3.05) is 20.6 Å². The minimum atomic E-state index is 0.121. The van der Waals surface area contributed by atoms with Crippen LogP contribution in [0, 0.1) is 13.8 Å². The number of hydrogen-bond acceptors (Lipinski definition) is 2. The zero-order valence-corrected chi connectivity index (χ0v) is 13.7. The van der Waals surface area contributed by atoms with Gasteiger partial charge in [-0.05, 0) is 59.0 Å². The first kappa shape index (κ1) is 16.2. The highest BCUT2D eigenvalue weighted by Gasteiger charge is 2.35. The number of nitrogens with zero attached hydrogens (tertiary/aromatic N) is 1. The summed E-state index contributed by atoms with van der Waals surface area (Å²) in [5, 5.41) is 3.69. The maximum atomic E-state index is 3.69. The summed E-state index contributed by atoms with van der Waals surface area (Å²) in [5.41, 5.74) is 4.26. The fourth-order valence-electron chi connectivity index (χ4n) is 2.80. The number of likely N-dealkylation sites (N-methyl/N-ethyl adjacent to an activating group) is 2. The lowest BCUT2D eigenvalue weighted by molar-refractivity contribution is 0.113. The number of nitrogens with one attached hydrogen (secondary N) is 1. The molecule has 0 spiro atoms. The molecule has 0 heterocycles. The van der Waals surface area contributed by atoms with Crippen molar-refractivity contribution in [3.05, 3.63) is 34.9 Å². The molecule has 0 fully saturated rings. The summed E-state index contributed by atoms with van der Waals surface area (Å²) in [5.74, 6) is 0. The molecule has 0 aliphatic rings. The highest BCUT2D eigenvalue weighted by atomic mass is 15.2. The van der Waals surface area contributed by atoms with Crippen LogP contribution >= 0.6 is 0 Å². The van der Waals surface area contributed by atoms with Gasteiger partial charge in [0, 0.05) is 5.54 Å². The summed E-state index contributed by atoms with van der Waals surface area (Å²) in [6.45, 7) is 12.2. The van der Waals surface area contributed by atoms with E-state index in [-0.39, 0.29) is 5.54 Å². The van der Waals surface area contributed by atoms with Crippen LogP contribution in [0.15, 0.2) is 18.2 Å². The molecule has 0 radical (unpaired) electrons. The van der Waals surface area contributed by atoms with Gasteiger partial charge in [0.1, 0.15) is 0 Å². The summed E-state index contributed by atoms with van der Waals surface area (Å²) in [6, 6.07) is 7.15. The summed E-state index contributed by atoms with van der Waals surface area (Å²) in [4.78, 5) is 2.35. The van der Waals surface area contributed by atoms with E-state index in [1.165, 1.54) is 16.7 Å².